The van der Waals surface area contributed by atoms with Crippen molar-refractivity contribution in [2.45, 2.75) is 52.4 Å². The molecule has 1 rings (SSSR count). The first-order valence-electron chi connectivity index (χ1n) is 6.05. The van der Waals surface area contributed by atoms with Crippen LogP contribution in [-0.2, 0) is 10.8 Å². The minimum Gasteiger partial charge on any atom is -0.872 e. The fourth-order valence-corrected chi connectivity index (χ4v) is 2.10. The summed E-state index contributed by atoms with van der Waals surface area (Å²) in [6.07, 6.45) is 0. The molecule has 0 heterocycles. The summed E-state index contributed by atoms with van der Waals surface area (Å²) < 4.78 is 0. The van der Waals surface area contributed by atoms with E-state index in [1.165, 1.54) is 0 Å². The third-order valence-corrected chi connectivity index (χ3v) is 2.96. The van der Waals surface area contributed by atoms with Crippen LogP contribution in [0.25, 0.3) is 5.76 Å². The molecule has 0 fully saturated rings. The number of rotatable bonds is 1. The van der Waals surface area contributed by atoms with E-state index >= 15 is 0 Å². The number of benzene rings is 1. The van der Waals surface area contributed by atoms with E-state index in [9.17, 15) is 5.11 Å². The molecule has 2 heteroatoms. The molecule has 0 bridgehead atoms. The predicted octanol–water partition coefficient (Wildman–Crippen LogP) is 0.617. The van der Waals surface area contributed by atoms with Crippen LogP contribution < -0.4 is 24.0 Å². The zero-order chi connectivity index (χ0) is 13.4. The second kappa shape index (κ2) is 5.55. The molecule has 0 spiro atoms. The average Bonchev–Trinajstić information content (AvgIpc) is 2.13. The minimum atomic E-state index is -0.0829. The molecule has 1 aromatic carbocycles. The monoisotopic (exact) mass is 238 g/mol. The summed E-state index contributed by atoms with van der Waals surface area (Å²) in [5.41, 5.74) is 2.90. The molecule has 0 aliphatic rings. The Bertz CT molecular complexity index is 401. The summed E-state index contributed by atoms with van der Waals surface area (Å²) in [4.78, 5) is 0. The van der Waals surface area contributed by atoms with Gasteiger partial charge in [-0.2, -0.15) is 0 Å². The molecule has 0 saturated carbocycles. The van der Waals surface area contributed by atoms with E-state index in [1.807, 2.05) is 18.2 Å². The normalized spacial score (nSPS) is 11.9. The van der Waals surface area contributed by atoms with Gasteiger partial charge in [-0.15, -0.1) is 12.3 Å². The molecule has 0 unspecified atom stereocenters. The third-order valence-electron chi connectivity index (χ3n) is 2.96. The molecule has 0 aliphatic carbocycles. The van der Waals surface area contributed by atoms with Crippen LogP contribution in [0.1, 0.15) is 58.2 Å². The first-order chi connectivity index (χ1) is 7.55. The molecule has 1 nitrogen and oxygen atoms in total. The van der Waals surface area contributed by atoms with Crippen LogP contribution in [0.4, 0.5) is 0 Å². The SMILES string of the molecule is C=C([O-])c1c(C(C)(C)C)cccc1C(C)(C)C.[Li+]. The van der Waals surface area contributed by atoms with Crippen molar-refractivity contribution < 1.29 is 24.0 Å². The number of hydrogen-bond acceptors (Lipinski definition) is 1. The molecular weight excluding hydrogens is 215 g/mol. The minimum absolute atomic E-state index is 0. The molecule has 94 valence electrons. The zero-order valence-corrected chi connectivity index (χ0v) is 12.8. The van der Waals surface area contributed by atoms with Gasteiger partial charge < -0.3 is 5.11 Å². The third kappa shape index (κ3) is 3.67. The standard InChI is InChI=1S/C16H24O.Li/c1-11(17)14-12(15(2,3)4)9-8-10-13(14)16(5,6)7;/h8-10,17H,1H2,2-7H3;/q;+1/p-1. The largest absolute Gasteiger partial charge is 1.00 e. The Morgan fingerprint density at radius 2 is 1.28 bits per heavy atom. The van der Waals surface area contributed by atoms with Crippen LogP contribution in [0.2, 0.25) is 0 Å². The Labute approximate surface area is 123 Å². The van der Waals surface area contributed by atoms with E-state index in [0.29, 0.717) is 0 Å². The Balaban J connectivity index is 0.00000289. The molecule has 0 saturated heterocycles. The van der Waals surface area contributed by atoms with Crippen molar-refractivity contribution in [3.63, 3.8) is 0 Å². The van der Waals surface area contributed by atoms with Crippen molar-refractivity contribution in [3.05, 3.63) is 41.5 Å². The zero-order valence-electron chi connectivity index (χ0n) is 12.8. The first-order valence-corrected chi connectivity index (χ1v) is 6.05. The van der Waals surface area contributed by atoms with Gasteiger partial charge in [0.2, 0.25) is 0 Å². The van der Waals surface area contributed by atoms with Crippen molar-refractivity contribution in [3.8, 4) is 0 Å². The van der Waals surface area contributed by atoms with Crippen LogP contribution in [0.15, 0.2) is 24.8 Å². The molecule has 0 radical (unpaired) electrons. The first kappa shape index (κ1) is 17.4. The van der Waals surface area contributed by atoms with Gasteiger partial charge in [0.15, 0.2) is 0 Å². The summed E-state index contributed by atoms with van der Waals surface area (Å²) in [7, 11) is 0. The fourth-order valence-electron chi connectivity index (χ4n) is 2.10. The smallest absolute Gasteiger partial charge is 0.872 e. The second-order valence-corrected chi connectivity index (χ2v) is 6.65. The predicted molar refractivity (Wildman–Crippen MR) is 72.9 cm³/mol. The molecule has 0 aliphatic heterocycles. The van der Waals surface area contributed by atoms with Gasteiger partial charge in [-0.1, -0.05) is 59.7 Å². The van der Waals surface area contributed by atoms with Crippen molar-refractivity contribution >= 4 is 5.76 Å². The van der Waals surface area contributed by atoms with E-state index in [0.717, 1.165) is 16.7 Å². The van der Waals surface area contributed by atoms with Crippen LogP contribution in [0.3, 0.4) is 0 Å². The maximum Gasteiger partial charge on any atom is 1.00 e. The van der Waals surface area contributed by atoms with Crippen LogP contribution >= 0.6 is 0 Å². The average molecular weight is 238 g/mol. The molecule has 18 heavy (non-hydrogen) atoms. The van der Waals surface area contributed by atoms with Crippen molar-refractivity contribution in [2.24, 2.45) is 0 Å². The van der Waals surface area contributed by atoms with E-state index < -0.39 is 0 Å². The number of hydrogen-bond donors (Lipinski definition) is 0. The van der Waals surface area contributed by atoms with Crippen molar-refractivity contribution in [1.82, 2.24) is 0 Å². The van der Waals surface area contributed by atoms with Gasteiger partial charge >= 0.3 is 18.9 Å². The fraction of sp³-hybridized carbons (Fsp3) is 0.500. The molecule has 0 atom stereocenters. The van der Waals surface area contributed by atoms with E-state index in [1.54, 1.807) is 0 Å². The summed E-state index contributed by atoms with van der Waals surface area (Å²) >= 11 is 0. The summed E-state index contributed by atoms with van der Waals surface area (Å²) in [5.74, 6) is -0.0829. The molecular formula is C16H23LiO. The topological polar surface area (TPSA) is 23.1 Å². The Morgan fingerprint density at radius 1 is 0.944 bits per heavy atom. The van der Waals surface area contributed by atoms with Gasteiger partial charge in [0, 0.05) is 0 Å². The van der Waals surface area contributed by atoms with Gasteiger partial charge in [-0.25, -0.2) is 0 Å². The molecule has 0 amide bonds. The van der Waals surface area contributed by atoms with Gasteiger partial charge in [-0.05, 0) is 27.5 Å². The van der Waals surface area contributed by atoms with Gasteiger partial charge in [0.25, 0.3) is 0 Å². The quantitative estimate of drug-likeness (QED) is 0.519. The Hall–Kier alpha value is -0.643. The summed E-state index contributed by atoms with van der Waals surface area (Å²) in [6, 6.07) is 6.11. The Morgan fingerprint density at radius 3 is 1.50 bits per heavy atom. The van der Waals surface area contributed by atoms with E-state index in [-0.39, 0.29) is 35.4 Å². The second-order valence-electron chi connectivity index (χ2n) is 6.65. The van der Waals surface area contributed by atoms with E-state index in [2.05, 4.69) is 48.1 Å². The van der Waals surface area contributed by atoms with Crippen LogP contribution in [0.5, 0.6) is 0 Å². The molecule has 0 aromatic heterocycles. The molecule has 1 aromatic rings. The van der Waals surface area contributed by atoms with Crippen LogP contribution in [0, 0.1) is 0 Å². The maximum atomic E-state index is 11.9. The Kier molecular flexibility index (Phi) is 5.35. The maximum absolute atomic E-state index is 11.9. The van der Waals surface area contributed by atoms with Crippen molar-refractivity contribution in [1.29, 1.82) is 0 Å². The van der Waals surface area contributed by atoms with Crippen molar-refractivity contribution in [2.75, 3.05) is 0 Å². The summed E-state index contributed by atoms with van der Waals surface area (Å²) in [6.45, 7) is 16.4. The van der Waals surface area contributed by atoms with Crippen LogP contribution in [-0.4, -0.2) is 0 Å². The molecule has 0 N–H and O–H groups in total. The van der Waals surface area contributed by atoms with E-state index in [4.69, 9.17) is 0 Å². The van der Waals surface area contributed by atoms with Gasteiger partial charge in [0.1, 0.15) is 0 Å². The van der Waals surface area contributed by atoms with Gasteiger partial charge in [0.05, 0.1) is 0 Å². The van der Waals surface area contributed by atoms with Gasteiger partial charge in [-0.3, -0.25) is 0 Å². The summed E-state index contributed by atoms with van der Waals surface area (Å²) in [5, 5.41) is 11.9.